The lowest BCUT2D eigenvalue weighted by atomic mass is 10.0. The van der Waals surface area contributed by atoms with E-state index in [-0.39, 0.29) is 17.6 Å². The first-order valence-electron chi connectivity index (χ1n) is 8.71. The molecule has 0 amide bonds. The largest absolute Gasteiger partial charge is 0.493 e. The average molecular weight is 342 g/mol. The van der Waals surface area contributed by atoms with Gasteiger partial charge in [0.2, 0.25) is 0 Å². The van der Waals surface area contributed by atoms with Crippen molar-refractivity contribution in [1.82, 2.24) is 0 Å². The van der Waals surface area contributed by atoms with Crippen LogP contribution < -0.4 is 4.74 Å². The zero-order valence-corrected chi connectivity index (χ0v) is 14.9. The lowest BCUT2D eigenvalue weighted by molar-refractivity contribution is -0.0124. The third kappa shape index (κ3) is 6.24. The Morgan fingerprint density at radius 2 is 1.76 bits per heavy atom. The van der Waals surface area contributed by atoms with E-state index < -0.39 is 5.97 Å². The number of hydrogen-bond donors (Lipinski definition) is 1. The molecule has 2 aromatic carbocycles. The molecule has 0 fully saturated rings. The van der Waals surface area contributed by atoms with Crippen molar-refractivity contribution in [3.8, 4) is 5.75 Å². The van der Waals surface area contributed by atoms with E-state index in [1.807, 2.05) is 18.2 Å². The molecule has 0 aliphatic heterocycles. The second kappa shape index (κ2) is 9.84. The molecular formula is C21H26O4. The molecular weight excluding hydrogens is 316 g/mol. The molecule has 2 rings (SSSR count). The number of rotatable bonds is 10. The summed E-state index contributed by atoms with van der Waals surface area (Å²) in [6, 6.07) is 16.6. The first kappa shape index (κ1) is 19.0. The van der Waals surface area contributed by atoms with Gasteiger partial charge in [-0.05, 0) is 36.2 Å². The number of aromatic carboxylic acids is 1. The van der Waals surface area contributed by atoms with E-state index in [9.17, 15) is 4.79 Å². The van der Waals surface area contributed by atoms with E-state index in [0.717, 1.165) is 12.8 Å². The van der Waals surface area contributed by atoms with E-state index >= 15 is 0 Å². The van der Waals surface area contributed by atoms with Gasteiger partial charge < -0.3 is 14.6 Å². The van der Waals surface area contributed by atoms with Crippen LogP contribution >= 0.6 is 0 Å². The van der Waals surface area contributed by atoms with Gasteiger partial charge in [-0.1, -0.05) is 50.6 Å². The van der Waals surface area contributed by atoms with Crippen LogP contribution in [-0.4, -0.2) is 23.8 Å². The molecule has 0 saturated heterocycles. The molecule has 0 aliphatic rings. The van der Waals surface area contributed by atoms with E-state index in [1.165, 1.54) is 5.56 Å². The smallest absolute Gasteiger partial charge is 0.335 e. The molecule has 0 spiro atoms. The topological polar surface area (TPSA) is 55.8 Å². The number of carbonyl (C=O) groups is 1. The highest BCUT2D eigenvalue weighted by Gasteiger charge is 2.18. The second-order valence-corrected chi connectivity index (χ2v) is 6.24. The predicted molar refractivity (Wildman–Crippen MR) is 98.0 cm³/mol. The van der Waals surface area contributed by atoms with Crippen molar-refractivity contribution in [2.75, 3.05) is 6.61 Å². The van der Waals surface area contributed by atoms with E-state index in [2.05, 4.69) is 26.0 Å². The number of carboxylic acids is 1. The Balaban J connectivity index is 1.86. The van der Waals surface area contributed by atoms with Crippen LogP contribution in [0, 0.1) is 5.92 Å². The molecule has 2 atom stereocenters. The van der Waals surface area contributed by atoms with E-state index in [4.69, 9.17) is 14.6 Å². The fourth-order valence-electron chi connectivity index (χ4n) is 2.62. The lowest BCUT2D eigenvalue weighted by Gasteiger charge is -2.24. The van der Waals surface area contributed by atoms with Gasteiger partial charge >= 0.3 is 5.97 Å². The summed E-state index contributed by atoms with van der Waals surface area (Å²) in [5.74, 6) is -0.0183. The van der Waals surface area contributed by atoms with Crippen LogP contribution in [0.2, 0.25) is 0 Å². The molecule has 134 valence electrons. The van der Waals surface area contributed by atoms with Crippen molar-refractivity contribution in [2.24, 2.45) is 5.92 Å². The van der Waals surface area contributed by atoms with Crippen LogP contribution in [0.4, 0.5) is 0 Å². The third-order valence-electron chi connectivity index (χ3n) is 4.13. The SMILES string of the molecule is CCC[C@H](OCc1ccccc1)[C@H](C)COc1ccc(C(=O)O)cc1. The van der Waals surface area contributed by atoms with E-state index in [1.54, 1.807) is 24.3 Å². The number of ether oxygens (including phenoxy) is 2. The standard InChI is InChI=1S/C21H26O4/c1-3-7-20(25-15-17-8-5-4-6-9-17)16(2)14-24-19-12-10-18(11-13-19)21(22)23/h4-6,8-13,16,20H,3,7,14-15H2,1-2H3,(H,22,23)/t16-,20+/m1/s1. The maximum atomic E-state index is 10.9. The van der Waals surface area contributed by atoms with Gasteiger partial charge in [-0.3, -0.25) is 0 Å². The molecule has 0 unspecified atom stereocenters. The molecule has 25 heavy (non-hydrogen) atoms. The Bertz CT molecular complexity index is 637. The van der Waals surface area contributed by atoms with Crippen molar-refractivity contribution in [3.05, 3.63) is 65.7 Å². The Morgan fingerprint density at radius 1 is 1.08 bits per heavy atom. The summed E-state index contributed by atoms with van der Waals surface area (Å²) in [6.45, 7) is 5.41. The minimum absolute atomic E-state index is 0.128. The van der Waals surface area contributed by atoms with Crippen LogP contribution in [0.1, 0.15) is 42.6 Å². The maximum Gasteiger partial charge on any atom is 0.335 e. The highest BCUT2D eigenvalue weighted by atomic mass is 16.5. The highest BCUT2D eigenvalue weighted by molar-refractivity contribution is 5.87. The Morgan fingerprint density at radius 3 is 2.36 bits per heavy atom. The third-order valence-corrected chi connectivity index (χ3v) is 4.13. The van der Waals surface area contributed by atoms with Gasteiger partial charge in [-0.2, -0.15) is 0 Å². The minimum atomic E-state index is -0.933. The Kier molecular flexibility index (Phi) is 7.48. The summed E-state index contributed by atoms with van der Waals surface area (Å²) in [4.78, 5) is 10.9. The molecule has 1 N–H and O–H groups in total. The highest BCUT2D eigenvalue weighted by Crippen LogP contribution is 2.19. The molecule has 0 radical (unpaired) electrons. The summed E-state index contributed by atoms with van der Waals surface area (Å²) in [6.07, 6.45) is 2.16. The van der Waals surface area contributed by atoms with Crippen LogP contribution in [-0.2, 0) is 11.3 Å². The summed E-state index contributed by atoms with van der Waals surface area (Å²) in [5, 5.41) is 8.92. The second-order valence-electron chi connectivity index (χ2n) is 6.24. The first-order chi connectivity index (χ1) is 12.1. The van der Waals surface area contributed by atoms with Gasteiger partial charge in [-0.15, -0.1) is 0 Å². The van der Waals surface area contributed by atoms with Crippen LogP contribution in [0.15, 0.2) is 54.6 Å². The van der Waals surface area contributed by atoms with Gasteiger partial charge in [0.15, 0.2) is 0 Å². The van der Waals surface area contributed by atoms with Crippen molar-refractivity contribution < 1.29 is 19.4 Å². The number of hydrogen-bond acceptors (Lipinski definition) is 3. The van der Waals surface area contributed by atoms with Crippen LogP contribution in [0.3, 0.4) is 0 Å². The monoisotopic (exact) mass is 342 g/mol. The van der Waals surface area contributed by atoms with Gasteiger partial charge in [0.25, 0.3) is 0 Å². The summed E-state index contributed by atoms with van der Waals surface area (Å²) >= 11 is 0. The van der Waals surface area contributed by atoms with Crippen molar-refractivity contribution in [2.45, 2.75) is 39.4 Å². The van der Waals surface area contributed by atoms with Crippen LogP contribution in [0.25, 0.3) is 0 Å². The number of carboxylic acid groups (broad SMARTS) is 1. The van der Waals surface area contributed by atoms with Gasteiger partial charge in [0.05, 0.1) is 24.9 Å². The molecule has 0 saturated carbocycles. The maximum absolute atomic E-state index is 10.9. The minimum Gasteiger partial charge on any atom is -0.493 e. The molecule has 4 nitrogen and oxygen atoms in total. The fraction of sp³-hybridized carbons (Fsp3) is 0.381. The summed E-state index contributed by atoms with van der Waals surface area (Å²) < 4.78 is 11.9. The summed E-state index contributed by atoms with van der Waals surface area (Å²) in [5.41, 5.74) is 1.43. The van der Waals surface area contributed by atoms with Crippen molar-refractivity contribution in [1.29, 1.82) is 0 Å². The Hall–Kier alpha value is -2.33. The first-order valence-corrected chi connectivity index (χ1v) is 8.71. The predicted octanol–water partition coefficient (Wildman–Crippen LogP) is 4.79. The van der Waals surface area contributed by atoms with Gasteiger partial charge in [0.1, 0.15) is 5.75 Å². The molecule has 0 bridgehead atoms. The normalized spacial score (nSPS) is 13.2. The van der Waals surface area contributed by atoms with Crippen molar-refractivity contribution >= 4 is 5.97 Å². The van der Waals surface area contributed by atoms with Gasteiger partial charge in [0, 0.05) is 5.92 Å². The molecule has 0 aliphatic carbocycles. The Labute approximate surface area is 149 Å². The molecule has 4 heteroatoms. The van der Waals surface area contributed by atoms with Crippen LogP contribution in [0.5, 0.6) is 5.75 Å². The average Bonchev–Trinajstić information content (AvgIpc) is 2.64. The molecule has 0 aromatic heterocycles. The zero-order chi connectivity index (χ0) is 18.1. The quantitative estimate of drug-likeness (QED) is 0.675. The van der Waals surface area contributed by atoms with Gasteiger partial charge in [-0.25, -0.2) is 4.79 Å². The molecule has 0 heterocycles. The molecule has 2 aromatic rings. The van der Waals surface area contributed by atoms with Crippen molar-refractivity contribution in [3.63, 3.8) is 0 Å². The zero-order valence-electron chi connectivity index (χ0n) is 14.9. The summed E-state index contributed by atoms with van der Waals surface area (Å²) in [7, 11) is 0. The van der Waals surface area contributed by atoms with E-state index in [0.29, 0.717) is 19.0 Å². The number of benzene rings is 2. The fourth-order valence-corrected chi connectivity index (χ4v) is 2.62. The lowest BCUT2D eigenvalue weighted by Crippen LogP contribution is -2.26.